The number of likely N-dealkylation sites (N-methyl/N-ethyl adjacent to an activating group) is 1. The van der Waals surface area contributed by atoms with Crippen LogP contribution in [-0.2, 0) is 6.54 Å². The van der Waals surface area contributed by atoms with E-state index in [1.807, 2.05) is 0 Å². The molecule has 0 spiro atoms. The Bertz CT molecular complexity index is 338. The highest BCUT2D eigenvalue weighted by Crippen LogP contribution is 2.24. The lowest BCUT2D eigenvalue weighted by Crippen LogP contribution is -2.36. The minimum Gasteiger partial charge on any atom is -0.391 e. The highest BCUT2D eigenvalue weighted by molar-refractivity contribution is 9.10. The van der Waals surface area contributed by atoms with Crippen LogP contribution in [0, 0.1) is 0 Å². The summed E-state index contributed by atoms with van der Waals surface area (Å²) in [6.07, 6.45) is 3.08. The van der Waals surface area contributed by atoms with Crippen LogP contribution in [0.15, 0.2) is 28.7 Å². The standard InChI is InChI=1S/C13H18BrNO/c1-15(12-3-2-4-13(12)16)9-10-5-7-11(14)8-6-10/h5-8,12-13,16H,2-4,9H2,1H3/t12-,13-/m1/s1. The van der Waals surface area contributed by atoms with Gasteiger partial charge < -0.3 is 5.11 Å². The molecule has 2 nitrogen and oxygen atoms in total. The molecule has 2 rings (SSSR count). The molecule has 1 aromatic carbocycles. The van der Waals surface area contributed by atoms with Gasteiger partial charge in [0.1, 0.15) is 0 Å². The van der Waals surface area contributed by atoms with Crippen LogP contribution in [-0.4, -0.2) is 29.2 Å². The maximum atomic E-state index is 9.83. The van der Waals surface area contributed by atoms with Crippen LogP contribution in [0.25, 0.3) is 0 Å². The number of nitrogens with zero attached hydrogens (tertiary/aromatic N) is 1. The number of halogens is 1. The SMILES string of the molecule is CN(Cc1ccc(Br)cc1)[C@@H]1CCC[C@H]1O. The third-order valence-corrected chi connectivity index (χ3v) is 3.88. The van der Waals surface area contributed by atoms with E-state index in [1.165, 1.54) is 5.56 Å². The Labute approximate surface area is 105 Å². The first kappa shape index (κ1) is 12.1. The lowest BCUT2D eigenvalue weighted by atomic mass is 10.1. The number of aliphatic hydroxyl groups excluding tert-OH is 1. The van der Waals surface area contributed by atoms with E-state index < -0.39 is 0 Å². The van der Waals surface area contributed by atoms with Gasteiger partial charge in [0.15, 0.2) is 0 Å². The summed E-state index contributed by atoms with van der Waals surface area (Å²) in [7, 11) is 2.10. The molecule has 16 heavy (non-hydrogen) atoms. The van der Waals surface area contributed by atoms with Gasteiger partial charge in [-0.2, -0.15) is 0 Å². The van der Waals surface area contributed by atoms with Crippen LogP contribution in [0.3, 0.4) is 0 Å². The van der Waals surface area contributed by atoms with Gasteiger partial charge in [-0.05, 0) is 44.0 Å². The zero-order valence-electron chi connectivity index (χ0n) is 9.56. The number of rotatable bonds is 3. The molecule has 1 fully saturated rings. The van der Waals surface area contributed by atoms with Crippen molar-refractivity contribution >= 4 is 15.9 Å². The monoisotopic (exact) mass is 283 g/mol. The fourth-order valence-electron chi connectivity index (χ4n) is 2.43. The molecular weight excluding hydrogens is 266 g/mol. The van der Waals surface area contributed by atoms with Gasteiger partial charge in [0.25, 0.3) is 0 Å². The molecule has 88 valence electrons. The number of hydrogen-bond donors (Lipinski definition) is 1. The molecule has 1 aliphatic carbocycles. The lowest BCUT2D eigenvalue weighted by molar-refractivity contribution is 0.0825. The summed E-state index contributed by atoms with van der Waals surface area (Å²) in [6, 6.07) is 8.72. The minimum atomic E-state index is -0.138. The van der Waals surface area contributed by atoms with Crippen LogP contribution in [0.5, 0.6) is 0 Å². The third-order valence-electron chi connectivity index (χ3n) is 3.36. The van der Waals surface area contributed by atoms with Gasteiger partial charge >= 0.3 is 0 Å². The van der Waals surface area contributed by atoms with Crippen molar-refractivity contribution in [1.29, 1.82) is 0 Å². The van der Waals surface area contributed by atoms with Gasteiger partial charge in [-0.1, -0.05) is 28.1 Å². The summed E-state index contributed by atoms with van der Waals surface area (Å²) in [4.78, 5) is 2.26. The molecule has 1 aliphatic rings. The normalized spacial score (nSPS) is 25.2. The Balaban J connectivity index is 1.96. The van der Waals surface area contributed by atoms with Gasteiger partial charge in [-0.25, -0.2) is 0 Å². The zero-order chi connectivity index (χ0) is 11.5. The first-order valence-corrected chi connectivity index (χ1v) is 6.59. The zero-order valence-corrected chi connectivity index (χ0v) is 11.2. The van der Waals surface area contributed by atoms with Crippen LogP contribution in [0.1, 0.15) is 24.8 Å². The van der Waals surface area contributed by atoms with Crippen LogP contribution in [0.4, 0.5) is 0 Å². The molecule has 0 aromatic heterocycles. The van der Waals surface area contributed by atoms with Crippen molar-refractivity contribution in [2.24, 2.45) is 0 Å². The summed E-state index contributed by atoms with van der Waals surface area (Å²) in [5.41, 5.74) is 1.30. The average molecular weight is 284 g/mol. The molecule has 3 heteroatoms. The molecule has 0 aliphatic heterocycles. The number of benzene rings is 1. The first-order chi connectivity index (χ1) is 7.66. The fraction of sp³-hybridized carbons (Fsp3) is 0.538. The van der Waals surface area contributed by atoms with Gasteiger partial charge in [0, 0.05) is 17.1 Å². The second-order valence-electron chi connectivity index (χ2n) is 4.61. The van der Waals surface area contributed by atoms with Crippen molar-refractivity contribution in [3.05, 3.63) is 34.3 Å². The Morgan fingerprint density at radius 3 is 2.56 bits per heavy atom. The first-order valence-electron chi connectivity index (χ1n) is 5.79. The smallest absolute Gasteiger partial charge is 0.0695 e. The Morgan fingerprint density at radius 2 is 2.00 bits per heavy atom. The summed E-state index contributed by atoms with van der Waals surface area (Å²) < 4.78 is 1.11. The Kier molecular flexibility index (Phi) is 4.00. The summed E-state index contributed by atoms with van der Waals surface area (Å²) >= 11 is 3.43. The molecule has 2 atom stereocenters. The molecule has 0 saturated heterocycles. The van der Waals surface area contributed by atoms with Gasteiger partial charge in [-0.3, -0.25) is 4.90 Å². The summed E-state index contributed by atoms with van der Waals surface area (Å²) in [5, 5.41) is 9.83. The van der Waals surface area contributed by atoms with E-state index in [0.29, 0.717) is 6.04 Å². The quantitative estimate of drug-likeness (QED) is 0.922. The van der Waals surface area contributed by atoms with E-state index in [1.54, 1.807) is 0 Å². The van der Waals surface area contributed by atoms with Crippen molar-refractivity contribution in [2.75, 3.05) is 7.05 Å². The largest absolute Gasteiger partial charge is 0.391 e. The topological polar surface area (TPSA) is 23.5 Å². The Morgan fingerprint density at radius 1 is 1.31 bits per heavy atom. The molecule has 1 saturated carbocycles. The van der Waals surface area contributed by atoms with E-state index >= 15 is 0 Å². The van der Waals surface area contributed by atoms with E-state index in [9.17, 15) is 5.11 Å². The predicted octanol–water partition coefficient (Wildman–Crippen LogP) is 2.79. The van der Waals surface area contributed by atoms with Crippen LogP contribution < -0.4 is 0 Å². The summed E-state index contributed by atoms with van der Waals surface area (Å²) in [6.45, 7) is 0.912. The lowest BCUT2D eigenvalue weighted by Gasteiger charge is -2.27. The molecule has 0 amide bonds. The minimum absolute atomic E-state index is 0.138. The maximum Gasteiger partial charge on any atom is 0.0695 e. The molecular formula is C13H18BrNO. The maximum absolute atomic E-state index is 9.83. The molecule has 0 bridgehead atoms. The number of hydrogen-bond acceptors (Lipinski definition) is 2. The van der Waals surface area contributed by atoms with Crippen molar-refractivity contribution in [3.63, 3.8) is 0 Å². The summed E-state index contributed by atoms with van der Waals surface area (Å²) in [5.74, 6) is 0. The van der Waals surface area contributed by atoms with Crippen molar-refractivity contribution < 1.29 is 5.11 Å². The predicted molar refractivity (Wildman–Crippen MR) is 69.3 cm³/mol. The van der Waals surface area contributed by atoms with Gasteiger partial charge in [-0.15, -0.1) is 0 Å². The fourth-order valence-corrected chi connectivity index (χ4v) is 2.69. The van der Waals surface area contributed by atoms with Gasteiger partial charge in [0.2, 0.25) is 0 Å². The highest BCUT2D eigenvalue weighted by atomic mass is 79.9. The third kappa shape index (κ3) is 2.84. The van der Waals surface area contributed by atoms with Gasteiger partial charge in [0.05, 0.1) is 6.10 Å². The second kappa shape index (κ2) is 5.30. The second-order valence-corrected chi connectivity index (χ2v) is 5.52. The van der Waals surface area contributed by atoms with Crippen molar-refractivity contribution in [1.82, 2.24) is 4.90 Å². The molecule has 0 heterocycles. The van der Waals surface area contributed by atoms with Crippen molar-refractivity contribution in [3.8, 4) is 0 Å². The van der Waals surface area contributed by atoms with Crippen molar-refractivity contribution in [2.45, 2.75) is 38.0 Å². The van der Waals surface area contributed by atoms with Crippen LogP contribution >= 0.6 is 15.9 Å². The van der Waals surface area contributed by atoms with Crippen LogP contribution in [0.2, 0.25) is 0 Å². The molecule has 0 unspecified atom stereocenters. The molecule has 0 radical (unpaired) electrons. The number of aliphatic hydroxyl groups is 1. The van der Waals surface area contributed by atoms with E-state index in [2.05, 4.69) is 52.1 Å². The molecule has 1 aromatic rings. The van der Waals surface area contributed by atoms with E-state index in [4.69, 9.17) is 0 Å². The molecule has 1 N–H and O–H groups in total. The average Bonchev–Trinajstić information content (AvgIpc) is 2.68. The highest BCUT2D eigenvalue weighted by Gasteiger charge is 2.28. The Hall–Kier alpha value is -0.380. The van der Waals surface area contributed by atoms with E-state index in [0.717, 1.165) is 30.3 Å². The van der Waals surface area contributed by atoms with E-state index in [-0.39, 0.29) is 6.10 Å².